The number of aromatic amines is 1. The minimum atomic E-state index is 0.534. The third kappa shape index (κ3) is 2.71. The molecule has 1 aromatic heterocycles. The van der Waals surface area contributed by atoms with E-state index in [0.29, 0.717) is 11.8 Å². The first-order chi connectivity index (χ1) is 10.0. The van der Waals surface area contributed by atoms with E-state index in [1.165, 1.54) is 11.1 Å². The summed E-state index contributed by atoms with van der Waals surface area (Å²) in [5.41, 5.74) is 5.98. The monoisotopic (exact) mass is 278 g/mol. The molecule has 0 saturated carbocycles. The van der Waals surface area contributed by atoms with Crippen LogP contribution in [-0.2, 0) is 0 Å². The zero-order valence-corrected chi connectivity index (χ0v) is 13.1. The highest BCUT2D eigenvalue weighted by molar-refractivity contribution is 5.80. The van der Waals surface area contributed by atoms with Crippen molar-refractivity contribution in [3.63, 3.8) is 0 Å². The summed E-state index contributed by atoms with van der Waals surface area (Å²) in [4.78, 5) is 8.15. The van der Waals surface area contributed by atoms with Crippen LogP contribution in [0.1, 0.15) is 50.7 Å². The van der Waals surface area contributed by atoms with E-state index in [1.807, 2.05) is 0 Å². The van der Waals surface area contributed by atoms with Crippen LogP contribution in [0.25, 0.3) is 22.4 Å². The second-order valence-electron chi connectivity index (χ2n) is 6.29. The Labute approximate surface area is 126 Å². The fraction of sp³-hybridized carbons (Fsp3) is 0.316. The number of aromatic nitrogens is 2. The number of benzene rings is 2. The molecule has 0 bridgehead atoms. The van der Waals surface area contributed by atoms with Crippen molar-refractivity contribution < 1.29 is 0 Å². The van der Waals surface area contributed by atoms with Crippen LogP contribution in [0, 0.1) is 0 Å². The first kappa shape index (κ1) is 13.9. The van der Waals surface area contributed by atoms with Crippen molar-refractivity contribution in [3.05, 3.63) is 53.6 Å². The third-order valence-electron chi connectivity index (χ3n) is 4.02. The molecule has 0 aliphatic carbocycles. The number of nitrogens with one attached hydrogen (secondary N) is 1. The highest BCUT2D eigenvalue weighted by atomic mass is 14.9. The molecule has 0 fully saturated rings. The van der Waals surface area contributed by atoms with Gasteiger partial charge in [0.1, 0.15) is 5.82 Å². The van der Waals surface area contributed by atoms with Gasteiger partial charge in [-0.2, -0.15) is 0 Å². The fourth-order valence-electron chi connectivity index (χ4n) is 2.55. The normalized spacial score (nSPS) is 11.7. The molecule has 3 aromatic rings. The minimum Gasteiger partial charge on any atom is -0.338 e. The minimum absolute atomic E-state index is 0.534. The Kier molecular flexibility index (Phi) is 3.54. The van der Waals surface area contributed by atoms with Crippen LogP contribution in [0.15, 0.2) is 42.5 Å². The Morgan fingerprint density at radius 2 is 1.43 bits per heavy atom. The lowest BCUT2D eigenvalue weighted by Crippen LogP contribution is -1.87. The van der Waals surface area contributed by atoms with Crippen LogP contribution in [0.2, 0.25) is 0 Å². The van der Waals surface area contributed by atoms with Gasteiger partial charge in [0.25, 0.3) is 0 Å². The van der Waals surface area contributed by atoms with E-state index in [1.54, 1.807) is 0 Å². The zero-order chi connectivity index (χ0) is 15.0. The number of nitrogens with zero attached hydrogens (tertiary/aromatic N) is 1. The van der Waals surface area contributed by atoms with Gasteiger partial charge in [0.05, 0.1) is 11.0 Å². The molecular weight excluding hydrogens is 256 g/mol. The summed E-state index contributed by atoms with van der Waals surface area (Å²) in [6.07, 6.45) is 0. The van der Waals surface area contributed by atoms with E-state index in [9.17, 15) is 0 Å². The predicted octanol–water partition coefficient (Wildman–Crippen LogP) is 5.48. The average Bonchev–Trinajstić information content (AvgIpc) is 2.90. The number of H-pyrrole nitrogens is 1. The molecule has 0 radical (unpaired) electrons. The molecule has 1 heterocycles. The van der Waals surface area contributed by atoms with Gasteiger partial charge >= 0.3 is 0 Å². The first-order valence-electron chi connectivity index (χ1n) is 7.64. The van der Waals surface area contributed by atoms with Crippen molar-refractivity contribution >= 4 is 11.0 Å². The molecule has 0 aliphatic heterocycles. The van der Waals surface area contributed by atoms with Gasteiger partial charge in [-0.1, -0.05) is 58.0 Å². The van der Waals surface area contributed by atoms with Crippen LogP contribution in [0.4, 0.5) is 0 Å². The van der Waals surface area contributed by atoms with Crippen molar-refractivity contribution in [2.45, 2.75) is 39.5 Å². The highest BCUT2D eigenvalue weighted by Gasteiger charge is 2.08. The Hall–Kier alpha value is -2.09. The molecule has 108 valence electrons. The van der Waals surface area contributed by atoms with Crippen LogP contribution in [-0.4, -0.2) is 9.97 Å². The third-order valence-corrected chi connectivity index (χ3v) is 4.02. The van der Waals surface area contributed by atoms with Gasteiger partial charge in [-0.05, 0) is 35.1 Å². The number of rotatable bonds is 3. The predicted molar refractivity (Wildman–Crippen MR) is 89.7 cm³/mol. The summed E-state index contributed by atoms with van der Waals surface area (Å²) in [7, 11) is 0. The van der Waals surface area contributed by atoms with Gasteiger partial charge in [-0.3, -0.25) is 0 Å². The van der Waals surface area contributed by atoms with Crippen LogP contribution in [0.3, 0.4) is 0 Å². The lowest BCUT2D eigenvalue weighted by atomic mass is 10.0. The summed E-state index contributed by atoms with van der Waals surface area (Å²) in [6.45, 7) is 8.85. The highest BCUT2D eigenvalue weighted by Crippen LogP contribution is 2.25. The van der Waals surface area contributed by atoms with Crippen molar-refractivity contribution in [3.8, 4) is 11.4 Å². The Balaban J connectivity index is 2.00. The SMILES string of the molecule is CC(C)c1ccc(-c2nc3ccc(C(C)C)cc3[nH]2)cc1. The topological polar surface area (TPSA) is 28.7 Å². The molecule has 21 heavy (non-hydrogen) atoms. The molecule has 2 nitrogen and oxygen atoms in total. The van der Waals surface area contributed by atoms with Gasteiger partial charge in [-0.15, -0.1) is 0 Å². The molecule has 3 rings (SSSR count). The Morgan fingerprint density at radius 1 is 0.810 bits per heavy atom. The average molecular weight is 278 g/mol. The first-order valence-corrected chi connectivity index (χ1v) is 7.64. The smallest absolute Gasteiger partial charge is 0.138 e. The van der Waals surface area contributed by atoms with Gasteiger partial charge in [0.2, 0.25) is 0 Å². The fourth-order valence-corrected chi connectivity index (χ4v) is 2.55. The zero-order valence-electron chi connectivity index (χ0n) is 13.1. The van der Waals surface area contributed by atoms with Crippen molar-refractivity contribution in [2.24, 2.45) is 0 Å². The summed E-state index contributed by atoms with van der Waals surface area (Å²) >= 11 is 0. The summed E-state index contributed by atoms with van der Waals surface area (Å²) in [6, 6.07) is 15.2. The van der Waals surface area contributed by atoms with Gasteiger partial charge in [0, 0.05) is 5.56 Å². The molecule has 2 heteroatoms. The van der Waals surface area contributed by atoms with Crippen molar-refractivity contribution in [1.82, 2.24) is 9.97 Å². The van der Waals surface area contributed by atoms with Crippen molar-refractivity contribution in [2.75, 3.05) is 0 Å². The lowest BCUT2D eigenvalue weighted by molar-refractivity contribution is 0.867. The molecule has 0 saturated heterocycles. The maximum atomic E-state index is 4.70. The largest absolute Gasteiger partial charge is 0.338 e. The van der Waals surface area contributed by atoms with Crippen LogP contribution < -0.4 is 0 Å². The molecule has 2 aromatic carbocycles. The van der Waals surface area contributed by atoms with Gasteiger partial charge in [-0.25, -0.2) is 4.98 Å². The van der Waals surface area contributed by atoms with E-state index in [2.05, 4.69) is 75.1 Å². The van der Waals surface area contributed by atoms with E-state index in [0.717, 1.165) is 22.4 Å². The van der Waals surface area contributed by atoms with Crippen LogP contribution >= 0.6 is 0 Å². The molecule has 0 aliphatic rings. The van der Waals surface area contributed by atoms with Gasteiger partial charge < -0.3 is 4.98 Å². The summed E-state index contributed by atoms with van der Waals surface area (Å²) < 4.78 is 0. The Bertz CT molecular complexity index is 749. The molecule has 1 N–H and O–H groups in total. The summed E-state index contributed by atoms with van der Waals surface area (Å²) in [5.74, 6) is 2.04. The van der Waals surface area contributed by atoms with Gasteiger partial charge in [0.15, 0.2) is 0 Å². The summed E-state index contributed by atoms with van der Waals surface area (Å²) in [5, 5.41) is 0. The lowest BCUT2D eigenvalue weighted by Gasteiger charge is -2.05. The van der Waals surface area contributed by atoms with E-state index >= 15 is 0 Å². The van der Waals surface area contributed by atoms with E-state index in [-0.39, 0.29) is 0 Å². The van der Waals surface area contributed by atoms with E-state index in [4.69, 9.17) is 4.98 Å². The van der Waals surface area contributed by atoms with E-state index < -0.39 is 0 Å². The molecule has 0 spiro atoms. The second kappa shape index (κ2) is 5.36. The molecule has 0 unspecified atom stereocenters. The molecule has 0 atom stereocenters. The number of fused-ring (bicyclic) bond motifs is 1. The molecule has 0 amide bonds. The number of imidazole rings is 1. The quantitative estimate of drug-likeness (QED) is 0.675. The number of hydrogen-bond donors (Lipinski definition) is 1. The Morgan fingerprint density at radius 3 is 2.05 bits per heavy atom. The molecular formula is C19H22N2. The van der Waals surface area contributed by atoms with Crippen LogP contribution in [0.5, 0.6) is 0 Å². The maximum Gasteiger partial charge on any atom is 0.138 e. The maximum absolute atomic E-state index is 4.70. The standard InChI is InChI=1S/C19H22N2/c1-12(2)14-5-7-15(8-6-14)19-20-17-10-9-16(13(3)4)11-18(17)21-19/h5-13H,1-4H3,(H,20,21). The number of hydrogen-bond acceptors (Lipinski definition) is 1. The second-order valence-corrected chi connectivity index (χ2v) is 6.29. The van der Waals surface area contributed by atoms with Crippen molar-refractivity contribution in [1.29, 1.82) is 0 Å².